The molecule has 0 fully saturated rings. The molecule has 0 spiro atoms. The third kappa shape index (κ3) is 2.54. The molecule has 1 atom stereocenters. The van der Waals surface area contributed by atoms with Crippen LogP contribution in [0.4, 0.5) is 0 Å². The summed E-state index contributed by atoms with van der Waals surface area (Å²) in [7, 11) is 0. The lowest BCUT2D eigenvalue weighted by Crippen LogP contribution is -1.94. The Balaban J connectivity index is 3.06. The van der Waals surface area contributed by atoms with Gasteiger partial charge in [0.15, 0.2) is 11.1 Å². The number of phenols is 1. The third-order valence-electron chi connectivity index (χ3n) is 1.84. The lowest BCUT2D eigenvalue weighted by atomic mass is 10.1. The minimum absolute atomic E-state index is 0.113. The summed E-state index contributed by atoms with van der Waals surface area (Å²) in [6.07, 6.45) is 0. The van der Waals surface area contributed by atoms with E-state index in [2.05, 4.69) is 0 Å². The van der Waals surface area contributed by atoms with Crippen LogP contribution in [0, 0.1) is 13.8 Å². The number of aromatic hydroxyl groups is 1. The first kappa shape index (κ1) is 10.2. The first-order valence-corrected chi connectivity index (χ1v) is 5.15. The largest absolute Gasteiger partial charge is 0.507 e. The Morgan fingerprint density at radius 2 is 1.77 bits per heavy atom. The Morgan fingerprint density at radius 1 is 1.31 bits per heavy atom. The molecule has 0 aromatic heterocycles. The van der Waals surface area contributed by atoms with Crippen LogP contribution in [-0.2, 0) is 16.8 Å². The van der Waals surface area contributed by atoms with Gasteiger partial charge in [0.1, 0.15) is 5.75 Å². The van der Waals surface area contributed by atoms with Crippen molar-refractivity contribution in [1.29, 1.82) is 0 Å². The third-order valence-corrected chi connectivity index (χ3v) is 2.42. The summed E-state index contributed by atoms with van der Waals surface area (Å²) in [4.78, 5) is 0. The zero-order chi connectivity index (χ0) is 10.0. The summed E-state index contributed by atoms with van der Waals surface area (Å²) in [5.41, 5.74) is 2.24. The molecule has 3 nitrogen and oxygen atoms in total. The zero-order valence-corrected chi connectivity index (χ0v) is 8.39. The molecule has 13 heavy (non-hydrogen) atoms. The van der Waals surface area contributed by atoms with Gasteiger partial charge < -0.3 is 9.66 Å². The highest BCUT2D eigenvalue weighted by molar-refractivity contribution is 7.78. The monoisotopic (exact) mass is 200 g/mol. The Hall–Kier alpha value is -0.870. The quantitative estimate of drug-likeness (QED) is 0.715. The molecule has 0 radical (unpaired) electrons. The molecule has 0 aliphatic rings. The first-order valence-electron chi connectivity index (χ1n) is 3.87. The molecule has 4 heteroatoms. The molecule has 0 heterocycles. The fraction of sp³-hybridized carbons (Fsp3) is 0.333. The predicted molar refractivity (Wildman–Crippen MR) is 52.1 cm³/mol. The maximum Gasteiger partial charge on any atom is 0.157 e. The van der Waals surface area contributed by atoms with Crippen LogP contribution in [0.25, 0.3) is 0 Å². The summed E-state index contributed by atoms with van der Waals surface area (Å²) >= 11 is -1.82. The van der Waals surface area contributed by atoms with E-state index in [-0.39, 0.29) is 11.5 Å². The van der Waals surface area contributed by atoms with Crippen LogP contribution in [0.2, 0.25) is 0 Å². The molecule has 0 aliphatic carbocycles. The molecule has 0 bridgehead atoms. The van der Waals surface area contributed by atoms with E-state index < -0.39 is 11.1 Å². The van der Waals surface area contributed by atoms with Crippen molar-refractivity contribution in [2.24, 2.45) is 0 Å². The van der Waals surface area contributed by atoms with Crippen molar-refractivity contribution in [2.45, 2.75) is 19.6 Å². The average Bonchev–Trinajstić information content (AvgIpc) is 1.98. The van der Waals surface area contributed by atoms with Gasteiger partial charge in [-0.15, -0.1) is 0 Å². The second kappa shape index (κ2) is 3.89. The van der Waals surface area contributed by atoms with Gasteiger partial charge in [-0.1, -0.05) is 12.1 Å². The van der Waals surface area contributed by atoms with Crippen molar-refractivity contribution in [3.8, 4) is 5.75 Å². The molecule has 0 saturated heterocycles. The number of benzene rings is 1. The minimum Gasteiger partial charge on any atom is -0.507 e. The smallest absolute Gasteiger partial charge is 0.157 e. The van der Waals surface area contributed by atoms with Crippen LogP contribution in [0.5, 0.6) is 5.75 Å². The van der Waals surface area contributed by atoms with Crippen molar-refractivity contribution in [3.63, 3.8) is 0 Å². The number of rotatable bonds is 2. The molecule has 0 saturated carbocycles. The van der Waals surface area contributed by atoms with E-state index in [4.69, 9.17) is 4.55 Å². The molecular formula is C9H12O3S. The normalized spacial score (nSPS) is 12.8. The highest BCUT2D eigenvalue weighted by Gasteiger charge is 2.04. The lowest BCUT2D eigenvalue weighted by Gasteiger charge is -2.05. The summed E-state index contributed by atoms with van der Waals surface area (Å²) < 4.78 is 19.2. The number of hydrogen-bond acceptors (Lipinski definition) is 2. The zero-order valence-electron chi connectivity index (χ0n) is 7.57. The Morgan fingerprint density at radius 3 is 2.15 bits per heavy atom. The fourth-order valence-corrected chi connectivity index (χ4v) is 1.72. The van der Waals surface area contributed by atoms with Crippen LogP contribution in [0.3, 0.4) is 0 Å². The molecule has 0 aliphatic heterocycles. The van der Waals surface area contributed by atoms with E-state index in [1.54, 1.807) is 26.0 Å². The van der Waals surface area contributed by atoms with Crippen molar-refractivity contribution in [2.75, 3.05) is 0 Å². The second-order valence-corrected chi connectivity index (χ2v) is 3.98. The molecule has 1 rings (SSSR count). The molecule has 72 valence electrons. The topological polar surface area (TPSA) is 57.5 Å². The predicted octanol–water partition coefficient (Wildman–Crippen LogP) is 1.73. The van der Waals surface area contributed by atoms with Gasteiger partial charge in [-0.25, -0.2) is 4.21 Å². The van der Waals surface area contributed by atoms with Gasteiger partial charge in [0.25, 0.3) is 0 Å². The highest BCUT2D eigenvalue weighted by atomic mass is 32.2. The maximum absolute atomic E-state index is 10.5. The number of aryl methyl sites for hydroxylation is 2. The van der Waals surface area contributed by atoms with Crippen LogP contribution in [0.1, 0.15) is 16.7 Å². The van der Waals surface area contributed by atoms with E-state index in [1.165, 1.54) is 0 Å². The van der Waals surface area contributed by atoms with Crippen LogP contribution >= 0.6 is 0 Å². The molecule has 1 aromatic rings. The lowest BCUT2D eigenvalue weighted by molar-refractivity contribution is 0.466. The summed E-state index contributed by atoms with van der Waals surface area (Å²) in [6.45, 7) is 3.54. The minimum atomic E-state index is -1.82. The van der Waals surface area contributed by atoms with E-state index in [0.717, 1.165) is 16.7 Å². The Kier molecular flexibility index (Phi) is 3.06. The molecule has 1 unspecified atom stereocenters. The van der Waals surface area contributed by atoms with Gasteiger partial charge in [-0.3, -0.25) is 0 Å². The molecule has 2 N–H and O–H groups in total. The highest BCUT2D eigenvalue weighted by Crippen LogP contribution is 2.23. The molecular weight excluding hydrogens is 188 g/mol. The van der Waals surface area contributed by atoms with Crippen LogP contribution in [0.15, 0.2) is 12.1 Å². The molecule has 1 aromatic carbocycles. The number of phenolic OH excluding ortho intramolecular Hbond substituents is 1. The SMILES string of the molecule is Cc1cc(CS(=O)O)cc(C)c1O. The van der Waals surface area contributed by atoms with Gasteiger partial charge in [0, 0.05) is 0 Å². The van der Waals surface area contributed by atoms with Crippen LogP contribution in [-0.4, -0.2) is 13.9 Å². The van der Waals surface area contributed by atoms with E-state index in [0.29, 0.717) is 0 Å². The van der Waals surface area contributed by atoms with Gasteiger partial charge in [-0.05, 0) is 30.5 Å². The number of hydrogen-bond donors (Lipinski definition) is 2. The van der Waals surface area contributed by atoms with Crippen molar-refractivity contribution in [3.05, 3.63) is 28.8 Å². The Labute approximate surface area is 79.7 Å². The van der Waals surface area contributed by atoms with Crippen molar-refractivity contribution in [1.82, 2.24) is 0 Å². The fourth-order valence-electron chi connectivity index (χ4n) is 1.27. The molecule has 0 amide bonds. The van der Waals surface area contributed by atoms with Crippen LogP contribution < -0.4 is 0 Å². The summed E-state index contributed by atoms with van der Waals surface area (Å²) in [5.74, 6) is 0.370. The standard InChI is InChI=1S/C9H12O3S/c1-6-3-8(5-13(11)12)4-7(2)9(6)10/h3-4,10H,5H2,1-2H3,(H,11,12). The average molecular weight is 200 g/mol. The van der Waals surface area contributed by atoms with Gasteiger partial charge in [0.2, 0.25) is 0 Å². The van der Waals surface area contributed by atoms with Crippen molar-refractivity contribution < 1.29 is 13.9 Å². The second-order valence-electron chi connectivity index (χ2n) is 3.04. The van der Waals surface area contributed by atoms with Crippen molar-refractivity contribution >= 4 is 11.1 Å². The summed E-state index contributed by atoms with van der Waals surface area (Å²) in [5, 5.41) is 9.43. The Bertz CT molecular complexity index is 324. The van der Waals surface area contributed by atoms with Gasteiger partial charge in [-0.2, -0.15) is 0 Å². The summed E-state index contributed by atoms with van der Waals surface area (Å²) in [6, 6.07) is 3.44. The maximum atomic E-state index is 10.5. The van der Waals surface area contributed by atoms with E-state index >= 15 is 0 Å². The van der Waals surface area contributed by atoms with Gasteiger partial charge in [0.05, 0.1) is 5.75 Å². The van der Waals surface area contributed by atoms with Gasteiger partial charge >= 0.3 is 0 Å². The van der Waals surface area contributed by atoms with E-state index in [9.17, 15) is 9.32 Å². The van der Waals surface area contributed by atoms with E-state index in [1.807, 2.05) is 0 Å². The first-order chi connectivity index (χ1) is 6.00.